The fourth-order valence-electron chi connectivity index (χ4n) is 2.39. The van der Waals surface area contributed by atoms with Crippen molar-refractivity contribution < 1.29 is 14.0 Å². The van der Waals surface area contributed by atoms with Gasteiger partial charge in [0.25, 0.3) is 5.91 Å². The first-order valence-electron chi connectivity index (χ1n) is 7.56. The molecule has 0 bridgehead atoms. The van der Waals surface area contributed by atoms with Gasteiger partial charge in [-0.3, -0.25) is 20.4 Å². The van der Waals surface area contributed by atoms with Crippen LogP contribution in [0.2, 0.25) is 5.02 Å². The maximum atomic E-state index is 12.2. The lowest BCUT2D eigenvalue weighted by Gasteiger charge is -2.03. The van der Waals surface area contributed by atoms with E-state index in [1.54, 1.807) is 37.3 Å². The van der Waals surface area contributed by atoms with E-state index in [0.29, 0.717) is 10.6 Å². The second kappa shape index (κ2) is 7.23. The Bertz CT molecular complexity index is 976. The minimum absolute atomic E-state index is 0.167. The van der Waals surface area contributed by atoms with Crippen molar-refractivity contribution in [2.24, 2.45) is 0 Å². The first-order valence-corrected chi connectivity index (χ1v) is 7.94. The lowest BCUT2D eigenvalue weighted by Crippen LogP contribution is -2.40. The number of furan rings is 1. The van der Waals surface area contributed by atoms with Crippen LogP contribution in [0.3, 0.4) is 0 Å². The predicted molar refractivity (Wildman–Crippen MR) is 97.0 cm³/mol. The number of halogens is 1. The van der Waals surface area contributed by atoms with Crippen LogP contribution in [-0.4, -0.2) is 11.8 Å². The Morgan fingerprint density at radius 3 is 2.64 bits per heavy atom. The van der Waals surface area contributed by atoms with Gasteiger partial charge in [0.1, 0.15) is 5.58 Å². The smallest absolute Gasteiger partial charge is 0.305 e. The van der Waals surface area contributed by atoms with Gasteiger partial charge in [0.05, 0.1) is 0 Å². The summed E-state index contributed by atoms with van der Waals surface area (Å²) in [7, 11) is 0. The molecule has 2 N–H and O–H groups in total. The highest BCUT2D eigenvalue weighted by molar-refractivity contribution is 6.30. The topological polar surface area (TPSA) is 71.3 Å². The van der Waals surface area contributed by atoms with Crippen LogP contribution in [0.4, 0.5) is 0 Å². The van der Waals surface area contributed by atoms with E-state index in [1.165, 1.54) is 6.08 Å². The molecule has 126 valence electrons. The quantitative estimate of drug-likeness (QED) is 0.554. The molecule has 2 amide bonds. The molecule has 1 aromatic heterocycles. The molecule has 0 aliphatic rings. The number of hydrogen-bond acceptors (Lipinski definition) is 3. The molecule has 2 aromatic carbocycles. The molecule has 0 aliphatic heterocycles. The summed E-state index contributed by atoms with van der Waals surface area (Å²) in [5.41, 5.74) is 6.78. The van der Waals surface area contributed by atoms with Gasteiger partial charge in [0, 0.05) is 22.0 Å². The maximum Gasteiger partial charge on any atom is 0.305 e. The number of hydrazine groups is 1. The molecule has 6 heteroatoms. The van der Waals surface area contributed by atoms with Crippen LogP contribution in [0, 0.1) is 6.92 Å². The van der Waals surface area contributed by atoms with E-state index < -0.39 is 11.8 Å². The molecular formula is C19H15ClN2O3. The zero-order valence-corrected chi connectivity index (χ0v) is 14.1. The molecule has 0 atom stereocenters. The zero-order chi connectivity index (χ0) is 17.8. The zero-order valence-electron chi connectivity index (χ0n) is 13.4. The number of fused-ring (bicyclic) bond motifs is 1. The van der Waals surface area contributed by atoms with E-state index in [-0.39, 0.29) is 5.76 Å². The van der Waals surface area contributed by atoms with Gasteiger partial charge in [-0.25, -0.2) is 0 Å². The number of amides is 2. The third-order valence-electron chi connectivity index (χ3n) is 3.62. The highest BCUT2D eigenvalue weighted by Crippen LogP contribution is 2.24. The van der Waals surface area contributed by atoms with Crippen LogP contribution in [0.15, 0.2) is 59.0 Å². The third-order valence-corrected chi connectivity index (χ3v) is 3.86. The molecule has 25 heavy (non-hydrogen) atoms. The number of nitrogens with one attached hydrogen (secondary N) is 2. The van der Waals surface area contributed by atoms with Crippen LogP contribution >= 0.6 is 11.6 Å². The van der Waals surface area contributed by atoms with Gasteiger partial charge in [-0.2, -0.15) is 0 Å². The number of hydrogen-bond donors (Lipinski definition) is 2. The molecule has 5 nitrogen and oxygen atoms in total. The average Bonchev–Trinajstić information content (AvgIpc) is 2.95. The summed E-state index contributed by atoms with van der Waals surface area (Å²) in [5, 5.41) is 1.44. The average molecular weight is 355 g/mol. The summed E-state index contributed by atoms with van der Waals surface area (Å²) in [6.07, 6.45) is 2.90. The van der Waals surface area contributed by atoms with E-state index in [9.17, 15) is 9.59 Å². The Labute approximate surface area is 149 Å². The third kappa shape index (κ3) is 3.89. The van der Waals surface area contributed by atoms with Crippen LogP contribution in [0.25, 0.3) is 17.0 Å². The van der Waals surface area contributed by atoms with E-state index >= 15 is 0 Å². The molecular weight excluding hydrogens is 340 g/mol. The molecule has 0 saturated carbocycles. The number of rotatable bonds is 3. The fraction of sp³-hybridized carbons (Fsp3) is 0.0526. The Morgan fingerprint density at radius 1 is 1.08 bits per heavy atom. The number of benzene rings is 2. The summed E-state index contributed by atoms with van der Waals surface area (Å²) < 4.78 is 5.54. The van der Waals surface area contributed by atoms with Crippen molar-refractivity contribution in [3.05, 3.63) is 76.5 Å². The van der Waals surface area contributed by atoms with E-state index in [1.807, 2.05) is 24.3 Å². The van der Waals surface area contributed by atoms with Crippen LogP contribution in [0.5, 0.6) is 0 Å². The van der Waals surface area contributed by atoms with Gasteiger partial charge in [-0.1, -0.05) is 41.9 Å². The summed E-state index contributed by atoms with van der Waals surface area (Å²) in [6.45, 7) is 1.79. The monoisotopic (exact) mass is 354 g/mol. The summed E-state index contributed by atoms with van der Waals surface area (Å²) >= 11 is 5.88. The van der Waals surface area contributed by atoms with Crippen molar-refractivity contribution in [3.63, 3.8) is 0 Å². The van der Waals surface area contributed by atoms with Gasteiger partial charge in [-0.15, -0.1) is 0 Å². The highest BCUT2D eigenvalue weighted by atomic mass is 35.5. The van der Waals surface area contributed by atoms with Crippen molar-refractivity contribution in [2.45, 2.75) is 6.92 Å². The van der Waals surface area contributed by atoms with Gasteiger partial charge in [0.2, 0.25) is 0 Å². The van der Waals surface area contributed by atoms with Gasteiger partial charge in [-0.05, 0) is 36.8 Å². The lowest BCUT2D eigenvalue weighted by molar-refractivity contribution is -0.117. The SMILES string of the molecule is Cc1c(C(=O)NNC(=O)/C=C/c2cccc(Cl)c2)oc2ccccc12. The Morgan fingerprint density at radius 2 is 1.88 bits per heavy atom. The number of carbonyl (C=O) groups is 2. The van der Waals surface area contributed by atoms with Crippen LogP contribution < -0.4 is 10.9 Å². The van der Waals surface area contributed by atoms with Crippen LogP contribution in [0.1, 0.15) is 21.7 Å². The standard InChI is InChI=1S/C19H15ClN2O3/c1-12-15-7-2-3-8-16(15)25-18(12)19(24)22-21-17(23)10-9-13-5-4-6-14(20)11-13/h2-11H,1H3,(H,21,23)(H,22,24)/b10-9+. The predicted octanol–water partition coefficient (Wildman–Crippen LogP) is 3.87. The normalized spacial score (nSPS) is 11.0. The summed E-state index contributed by atoms with van der Waals surface area (Å²) in [4.78, 5) is 24.0. The minimum Gasteiger partial charge on any atom is -0.451 e. The number of aryl methyl sites for hydroxylation is 1. The van der Waals surface area contributed by atoms with Crippen molar-refractivity contribution in [2.75, 3.05) is 0 Å². The van der Waals surface area contributed by atoms with Crippen molar-refractivity contribution >= 4 is 40.5 Å². The minimum atomic E-state index is -0.516. The first-order chi connectivity index (χ1) is 12.0. The fourth-order valence-corrected chi connectivity index (χ4v) is 2.59. The highest BCUT2D eigenvalue weighted by Gasteiger charge is 2.17. The summed E-state index contributed by atoms with van der Waals surface area (Å²) in [5.74, 6) is -0.819. The van der Waals surface area contributed by atoms with E-state index in [0.717, 1.165) is 16.5 Å². The Hall–Kier alpha value is -3.05. The largest absolute Gasteiger partial charge is 0.451 e. The van der Waals surface area contributed by atoms with Gasteiger partial charge in [0.15, 0.2) is 5.76 Å². The molecule has 0 radical (unpaired) electrons. The molecule has 3 aromatic rings. The lowest BCUT2D eigenvalue weighted by atomic mass is 10.1. The molecule has 0 fully saturated rings. The second-order valence-corrected chi connectivity index (χ2v) is 5.82. The number of para-hydroxylation sites is 1. The molecule has 0 unspecified atom stereocenters. The van der Waals surface area contributed by atoms with E-state index in [4.69, 9.17) is 16.0 Å². The van der Waals surface area contributed by atoms with Crippen LogP contribution in [-0.2, 0) is 4.79 Å². The molecule has 1 heterocycles. The Balaban J connectivity index is 1.63. The van der Waals surface area contributed by atoms with Crippen molar-refractivity contribution in [1.29, 1.82) is 0 Å². The number of carbonyl (C=O) groups excluding carboxylic acids is 2. The molecule has 0 saturated heterocycles. The van der Waals surface area contributed by atoms with E-state index in [2.05, 4.69) is 10.9 Å². The Kier molecular flexibility index (Phi) is 4.86. The van der Waals surface area contributed by atoms with Crippen molar-refractivity contribution in [1.82, 2.24) is 10.9 Å². The first kappa shape index (κ1) is 16.8. The second-order valence-electron chi connectivity index (χ2n) is 5.38. The molecule has 0 aliphatic carbocycles. The maximum absolute atomic E-state index is 12.2. The van der Waals surface area contributed by atoms with Crippen molar-refractivity contribution in [3.8, 4) is 0 Å². The molecule has 3 rings (SSSR count). The van der Waals surface area contributed by atoms with Gasteiger partial charge < -0.3 is 4.42 Å². The molecule has 0 spiro atoms. The summed E-state index contributed by atoms with van der Waals surface area (Å²) in [6, 6.07) is 14.4. The van der Waals surface area contributed by atoms with Gasteiger partial charge >= 0.3 is 5.91 Å².